The lowest BCUT2D eigenvalue weighted by Crippen LogP contribution is -2.30. The summed E-state index contributed by atoms with van der Waals surface area (Å²) in [6.45, 7) is 2.64. The molecule has 6 heteroatoms. The van der Waals surface area contributed by atoms with Crippen LogP contribution in [0.2, 0.25) is 0 Å². The van der Waals surface area contributed by atoms with Gasteiger partial charge in [0, 0.05) is 6.54 Å². The third kappa shape index (κ3) is 3.65. The number of aromatic carboxylic acids is 1. The van der Waals surface area contributed by atoms with Crippen LogP contribution in [0, 0.1) is 0 Å². The van der Waals surface area contributed by atoms with Crippen molar-refractivity contribution in [1.29, 1.82) is 0 Å². The van der Waals surface area contributed by atoms with Crippen LogP contribution in [0.5, 0.6) is 0 Å². The lowest BCUT2D eigenvalue weighted by Gasteiger charge is -2.11. The number of nitrogens with one attached hydrogen (secondary N) is 2. The molecule has 0 aliphatic rings. The average Bonchev–Trinajstić information content (AvgIpc) is 2.34. The Morgan fingerprint density at radius 3 is 2.72 bits per heavy atom. The van der Waals surface area contributed by atoms with Crippen LogP contribution in [0.3, 0.4) is 0 Å². The molecule has 0 saturated heterocycles. The molecule has 1 aromatic carbocycles. The number of amides is 1. The van der Waals surface area contributed by atoms with Crippen molar-refractivity contribution in [1.82, 2.24) is 5.32 Å². The molecule has 0 unspecified atom stereocenters. The monoisotopic (exact) mass is 251 g/mol. The van der Waals surface area contributed by atoms with Crippen molar-refractivity contribution in [3.8, 4) is 0 Å². The van der Waals surface area contributed by atoms with E-state index in [1.54, 1.807) is 12.1 Å². The van der Waals surface area contributed by atoms with E-state index in [4.69, 9.17) is 10.8 Å². The Hall–Kier alpha value is -2.24. The number of carbonyl (C=O) groups is 2. The number of carboxylic acid groups (broad SMARTS) is 1. The van der Waals surface area contributed by atoms with E-state index >= 15 is 0 Å². The highest BCUT2D eigenvalue weighted by molar-refractivity contribution is 5.97. The van der Waals surface area contributed by atoms with Crippen molar-refractivity contribution in [3.63, 3.8) is 0 Å². The summed E-state index contributed by atoms with van der Waals surface area (Å²) in [7, 11) is 0. The summed E-state index contributed by atoms with van der Waals surface area (Å²) < 4.78 is 0. The smallest absolute Gasteiger partial charge is 0.337 e. The van der Waals surface area contributed by atoms with Gasteiger partial charge in [0.15, 0.2) is 0 Å². The molecular formula is C12H17N3O3. The lowest BCUT2D eigenvalue weighted by molar-refractivity contribution is -0.119. The Bertz CT molecular complexity index is 446. The molecule has 0 bridgehead atoms. The molecule has 1 amide bonds. The summed E-state index contributed by atoms with van der Waals surface area (Å²) in [5.41, 5.74) is 6.30. The van der Waals surface area contributed by atoms with Crippen LogP contribution in [-0.4, -0.2) is 30.1 Å². The SMILES string of the molecule is CCCNC(=O)CNc1cccc(C(=O)O)c1N. The Balaban J connectivity index is 2.65. The van der Waals surface area contributed by atoms with Crippen LogP contribution in [0.4, 0.5) is 11.4 Å². The topological polar surface area (TPSA) is 104 Å². The van der Waals surface area contributed by atoms with Gasteiger partial charge < -0.3 is 21.5 Å². The molecule has 6 nitrogen and oxygen atoms in total. The molecule has 98 valence electrons. The molecule has 1 rings (SSSR count). The number of carboxylic acids is 1. The van der Waals surface area contributed by atoms with Gasteiger partial charge in [0.2, 0.25) is 5.91 Å². The second kappa shape index (κ2) is 6.48. The molecule has 0 aromatic heterocycles. The van der Waals surface area contributed by atoms with Gasteiger partial charge >= 0.3 is 5.97 Å². The largest absolute Gasteiger partial charge is 0.478 e. The van der Waals surface area contributed by atoms with Crippen LogP contribution >= 0.6 is 0 Å². The molecule has 1 aromatic rings. The summed E-state index contributed by atoms with van der Waals surface area (Å²) in [4.78, 5) is 22.2. The predicted molar refractivity (Wildman–Crippen MR) is 69.6 cm³/mol. The van der Waals surface area contributed by atoms with Gasteiger partial charge in [-0.15, -0.1) is 0 Å². The molecule has 0 spiro atoms. The van der Waals surface area contributed by atoms with Crippen molar-refractivity contribution in [2.75, 3.05) is 24.1 Å². The molecule has 0 fully saturated rings. The summed E-state index contributed by atoms with van der Waals surface area (Å²) in [6, 6.07) is 4.63. The van der Waals surface area contributed by atoms with E-state index in [2.05, 4.69) is 10.6 Å². The number of carbonyl (C=O) groups excluding carboxylic acids is 1. The number of anilines is 2. The third-order valence-electron chi connectivity index (χ3n) is 2.35. The van der Waals surface area contributed by atoms with Crippen molar-refractivity contribution in [2.45, 2.75) is 13.3 Å². The minimum atomic E-state index is -1.09. The lowest BCUT2D eigenvalue weighted by atomic mass is 10.1. The fourth-order valence-corrected chi connectivity index (χ4v) is 1.41. The third-order valence-corrected chi connectivity index (χ3v) is 2.35. The average molecular weight is 251 g/mol. The van der Waals surface area contributed by atoms with Crippen LogP contribution in [0.1, 0.15) is 23.7 Å². The van der Waals surface area contributed by atoms with Crippen molar-refractivity contribution < 1.29 is 14.7 Å². The first-order valence-corrected chi connectivity index (χ1v) is 5.68. The van der Waals surface area contributed by atoms with Gasteiger partial charge in [-0.25, -0.2) is 4.79 Å². The first kappa shape index (κ1) is 13.8. The summed E-state index contributed by atoms with van der Waals surface area (Å²) in [5.74, 6) is -1.25. The quantitative estimate of drug-likeness (QED) is 0.562. The maximum atomic E-state index is 11.4. The molecular weight excluding hydrogens is 234 g/mol. The number of hydrogen-bond donors (Lipinski definition) is 4. The van der Waals surface area contributed by atoms with E-state index in [1.807, 2.05) is 6.92 Å². The molecule has 0 aliphatic heterocycles. The van der Waals surface area contributed by atoms with Gasteiger partial charge in [0.05, 0.1) is 23.5 Å². The highest BCUT2D eigenvalue weighted by Gasteiger charge is 2.11. The van der Waals surface area contributed by atoms with Crippen molar-refractivity contribution >= 4 is 23.3 Å². The Morgan fingerprint density at radius 1 is 1.39 bits per heavy atom. The number of hydrogen-bond acceptors (Lipinski definition) is 4. The zero-order valence-corrected chi connectivity index (χ0v) is 10.2. The second-order valence-corrected chi connectivity index (χ2v) is 3.78. The van der Waals surface area contributed by atoms with Crippen molar-refractivity contribution in [3.05, 3.63) is 23.8 Å². The normalized spacial score (nSPS) is 9.83. The van der Waals surface area contributed by atoms with E-state index in [-0.39, 0.29) is 23.7 Å². The summed E-state index contributed by atoms with van der Waals surface area (Å²) in [6.07, 6.45) is 0.863. The zero-order valence-electron chi connectivity index (χ0n) is 10.2. The molecule has 18 heavy (non-hydrogen) atoms. The van der Waals surface area contributed by atoms with E-state index in [9.17, 15) is 9.59 Å². The van der Waals surface area contributed by atoms with Gasteiger partial charge in [-0.05, 0) is 18.6 Å². The van der Waals surface area contributed by atoms with E-state index in [0.717, 1.165) is 6.42 Å². The van der Waals surface area contributed by atoms with Gasteiger partial charge in [-0.1, -0.05) is 13.0 Å². The Labute approximate surface area is 105 Å². The van der Waals surface area contributed by atoms with Crippen LogP contribution in [-0.2, 0) is 4.79 Å². The molecule has 0 heterocycles. The van der Waals surface area contributed by atoms with Crippen molar-refractivity contribution in [2.24, 2.45) is 0 Å². The van der Waals surface area contributed by atoms with E-state index in [0.29, 0.717) is 12.2 Å². The van der Waals surface area contributed by atoms with Gasteiger partial charge in [0.1, 0.15) is 0 Å². The second-order valence-electron chi connectivity index (χ2n) is 3.78. The summed E-state index contributed by atoms with van der Waals surface area (Å²) >= 11 is 0. The van der Waals surface area contributed by atoms with Gasteiger partial charge in [-0.2, -0.15) is 0 Å². The fraction of sp³-hybridized carbons (Fsp3) is 0.333. The fourth-order valence-electron chi connectivity index (χ4n) is 1.41. The predicted octanol–water partition coefficient (Wildman–Crippen LogP) is 0.905. The number of nitrogens with two attached hydrogens (primary N) is 1. The first-order chi connectivity index (χ1) is 8.56. The highest BCUT2D eigenvalue weighted by Crippen LogP contribution is 2.22. The maximum Gasteiger partial charge on any atom is 0.337 e. The number of para-hydroxylation sites is 1. The number of rotatable bonds is 6. The molecule has 0 atom stereocenters. The highest BCUT2D eigenvalue weighted by atomic mass is 16.4. The van der Waals surface area contributed by atoms with Gasteiger partial charge in [0.25, 0.3) is 0 Å². The maximum absolute atomic E-state index is 11.4. The van der Waals surface area contributed by atoms with E-state index in [1.165, 1.54) is 6.07 Å². The number of nitrogen functional groups attached to an aromatic ring is 1. The molecule has 0 radical (unpaired) electrons. The van der Waals surface area contributed by atoms with E-state index < -0.39 is 5.97 Å². The zero-order chi connectivity index (χ0) is 13.5. The Morgan fingerprint density at radius 2 is 2.11 bits per heavy atom. The summed E-state index contributed by atoms with van der Waals surface area (Å²) in [5, 5.41) is 14.4. The molecule has 0 saturated carbocycles. The standard InChI is InChI=1S/C12H17N3O3/c1-2-6-14-10(16)7-15-9-5-3-4-8(11(9)13)12(17)18/h3-5,15H,2,6-7,13H2,1H3,(H,14,16)(H,17,18). The minimum absolute atomic E-state index is 0.0222. The Kier molecular flexibility index (Phi) is 4.98. The first-order valence-electron chi connectivity index (χ1n) is 5.68. The van der Waals surface area contributed by atoms with Crippen LogP contribution < -0.4 is 16.4 Å². The minimum Gasteiger partial charge on any atom is -0.478 e. The van der Waals surface area contributed by atoms with Crippen LogP contribution in [0.15, 0.2) is 18.2 Å². The molecule has 5 N–H and O–H groups in total. The van der Waals surface area contributed by atoms with Crippen LogP contribution in [0.25, 0.3) is 0 Å². The van der Waals surface area contributed by atoms with Gasteiger partial charge in [-0.3, -0.25) is 4.79 Å². The number of benzene rings is 1. The molecule has 0 aliphatic carbocycles.